The van der Waals surface area contributed by atoms with Crippen molar-refractivity contribution < 1.29 is 19.1 Å². The Kier molecular flexibility index (Phi) is 5.81. The van der Waals surface area contributed by atoms with E-state index in [4.69, 9.17) is 4.74 Å². The first-order chi connectivity index (χ1) is 13.6. The number of para-hydroxylation sites is 1. The minimum Gasteiger partial charge on any atom is -0.496 e. The number of amides is 1. The fourth-order valence-corrected chi connectivity index (χ4v) is 2.48. The van der Waals surface area contributed by atoms with E-state index in [0.29, 0.717) is 22.6 Å². The summed E-state index contributed by atoms with van der Waals surface area (Å²) in [6.45, 7) is 0. The monoisotopic (exact) mass is 378 g/mol. The Morgan fingerprint density at radius 1 is 1.11 bits per heavy atom. The third kappa shape index (κ3) is 4.24. The van der Waals surface area contributed by atoms with E-state index in [-0.39, 0.29) is 5.69 Å². The molecule has 8 heteroatoms. The molecule has 0 bridgehead atoms. The van der Waals surface area contributed by atoms with Crippen LogP contribution in [-0.2, 0) is 4.74 Å². The molecule has 1 aromatic heterocycles. The standard InChI is InChI=1S/C20H18N4O4/c1-27-18-6-4-3-5-15(18)16-11-17(23-22-16)19(25)24-21-12-13-7-9-14(10-8-13)20(26)28-2/h3-12H,1-2H3,(H,22,23)(H,24,25)/b21-12-. The molecule has 142 valence electrons. The Morgan fingerprint density at radius 3 is 2.57 bits per heavy atom. The minimum absolute atomic E-state index is 0.263. The van der Waals surface area contributed by atoms with E-state index in [2.05, 4.69) is 25.5 Å². The van der Waals surface area contributed by atoms with E-state index in [1.54, 1.807) is 37.4 Å². The molecule has 0 saturated heterocycles. The normalized spacial score (nSPS) is 10.6. The highest BCUT2D eigenvalue weighted by atomic mass is 16.5. The summed E-state index contributed by atoms with van der Waals surface area (Å²) >= 11 is 0. The van der Waals surface area contributed by atoms with Gasteiger partial charge in [0.05, 0.1) is 31.7 Å². The molecule has 0 saturated carbocycles. The lowest BCUT2D eigenvalue weighted by atomic mass is 10.1. The third-order valence-electron chi connectivity index (χ3n) is 3.92. The molecule has 0 fully saturated rings. The van der Waals surface area contributed by atoms with Gasteiger partial charge in [-0.05, 0) is 35.9 Å². The van der Waals surface area contributed by atoms with Crippen LogP contribution in [0.1, 0.15) is 26.4 Å². The molecule has 1 amide bonds. The highest BCUT2D eigenvalue weighted by molar-refractivity contribution is 5.94. The van der Waals surface area contributed by atoms with Crippen molar-refractivity contribution in [2.45, 2.75) is 0 Å². The van der Waals surface area contributed by atoms with Crippen LogP contribution in [0.4, 0.5) is 0 Å². The van der Waals surface area contributed by atoms with Crippen molar-refractivity contribution in [3.63, 3.8) is 0 Å². The number of ether oxygens (including phenoxy) is 2. The molecular formula is C20H18N4O4. The van der Waals surface area contributed by atoms with Crippen LogP contribution in [0.15, 0.2) is 59.7 Å². The van der Waals surface area contributed by atoms with Gasteiger partial charge in [0.25, 0.3) is 5.91 Å². The molecule has 2 N–H and O–H groups in total. The SMILES string of the molecule is COC(=O)c1ccc(/C=N\NC(=O)c2cc(-c3ccccc3OC)n[nH]2)cc1. The first-order valence-corrected chi connectivity index (χ1v) is 8.33. The summed E-state index contributed by atoms with van der Waals surface area (Å²) in [6.07, 6.45) is 1.47. The van der Waals surface area contributed by atoms with E-state index < -0.39 is 11.9 Å². The predicted octanol–water partition coefficient (Wildman–Crippen LogP) is 2.64. The van der Waals surface area contributed by atoms with Gasteiger partial charge in [-0.3, -0.25) is 9.89 Å². The summed E-state index contributed by atoms with van der Waals surface area (Å²) in [5.74, 6) is -0.188. The maximum Gasteiger partial charge on any atom is 0.337 e. The van der Waals surface area contributed by atoms with Gasteiger partial charge in [0, 0.05) is 5.56 Å². The molecule has 0 unspecified atom stereocenters. The number of esters is 1. The van der Waals surface area contributed by atoms with Crippen molar-refractivity contribution in [1.29, 1.82) is 0 Å². The number of hydrazone groups is 1. The number of rotatable bonds is 6. The van der Waals surface area contributed by atoms with Crippen LogP contribution in [-0.4, -0.2) is 42.5 Å². The molecule has 0 atom stereocenters. The molecule has 0 aliphatic rings. The summed E-state index contributed by atoms with van der Waals surface area (Å²) in [5.41, 5.74) is 5.20. The highest BCUT2D eigenvalue weighted by Crippen LogP contribution is 2.28. The third-order valence-corrected chi connectivity index (χ3v) is 3.92. The number of methoxy groups -OCH3 is 2. The van der Waals surface area contributed by atoms with E-state index in [0.717, 1.165) is 5.56 Å². The van der Waals surface area contributed by atoms with Crippen LogP contribution in [0.25, 0.3) is 11.3 Å². The molecule has 3 rings (SSSR count). The summed E-state index contributed by atoms with van der Waals surface area (Å²) in [5, 5.41) is 10.8. The van der Waals surface area contributed by atoms with E-state index >= 15 is 0 Å². The zero-order chi connectivity index (χ0) is 19.9. The zero-order valence-corrected chi connectivity index (χ0v) is 15.3. The van der Waals surface area contributed by atoms with E-state index in [1.165, 1.54) is 13.3 Å². The van der Waals surface area contributed by atoms with Crippen LogP contribution in [0, 0.1) is 0 Å². The first kappa shape index (κ1) is 18.8. The van der Waals surface area contributed by atoms with Gasteiger partial charge in [-0.25, -0.2) is 10.2 Å². The van der Waals surface area contributed by atoms with Crippen LogP contribution in [0.3, 0.4) is 0 Å². The number of benzene rings is 2. The number of hydrogen-bond donors (Lipinski definition) is 2. The lowest BCUT2D eigenvalue weighted by molar-refractivity contribution is 0.0600. The van der Waals surface area contributed by atoms with Gasteiger partial charge in [0.1, 0.15) is 11.4 Å². The Hall–Kier alpha value is -3.94. The molecule has 8 nitrogen and oxygen atoms in total. The number of aromatic nitrogens is 2. The molecule has 0 aliphatic carbocycles. The van der Waals surface area contributed by atoms with Gasteiger partial charge in [0.2, 0.25) is 0 Å². The second-order valence-corrected chi connectivity index (χ2v) is 5.68. The Bertz CT molecular complexity index is 1010. The molecule has 3 aromatic rings. The van der Waals surface area contributed by atoms with Crippen molar-refractivity contribution in [2.75, 3.05) is 14.2 Å². The quantitative estimate of drug-likeness (QED) is 0.390. The number of hydrogen-bond acceptors (Lipinski definition) is 6. The van der Waals surface area contributed by atoms with Crippen molar-refractivity contribution in [2.24, 2.45) is 5.10 Å². The number of H-pyrrole nitrogens is 1. The molecular weight excluding hydrogens is 360 g/mol. The summed E-state index contributed by atoms with van der Waals surface area (Å²) in [6, 6.07) is 15.6. The average molecular weight is 378 g/mol. The van der Waals surface area contributed by atoms with Gasteiger partial charge in [0.15, 0.2) is 0 Å². The van der Waals surface area contributed by atoms with Crippen LogP contribution in [0.2, 0.25) is 0 Å². The van der Waals surface area contributed by atoms with Gasteiger partial charge in [-0.1, -0.05) is 24.3 Å². The minimum atomic E-state index is -0.434. The van der Waals surface area contributed by atoms with Gasteiger partial charge < -0.3 is 9.47 Å². The maximum absolute atomic E-state index is 12.2. The number of aromatic amines is 1. The van der Waals surface area contributed by atoms with Gasteiger partial charge in [-0.2, -0.15) is 10.2 Å². The summed E-state index contributed by atoms with van der Waals surface area (Å²) in [4.78, 5) is 23.6. The van der Waals surface area contributed by atoms with E-state index in [9.17, 15) is 9.59 Å². The molecule has 28 heavy (non-hydrogen) atoms. The van der Waals surface area contributed by atoms with Gasteiger partial charge >= 0.3 is 5.97 Å². The first-order valence-electron chi connectivity index (χ1n) is 8.33. The number of nitrogens with zero attached hydrogens (tertiary/aromatic N) is 2. The number of carbonyl (C=O) groups is 2. The lowest BCUT2D eigenvalue weighted by Crippen LogP contribution is -2.18. The predicted molar refractivity (Wildman–Crippen MR) is 103 cm³/mol. The second-order valence-electron chi connectivity index (χ2n) is 5.68. The van der Waals surface area contributed by atoms with Crippen molar-refractivity contribution in [3.05, 3.63) is 71.4 Å². The topological polar surface area (TPSA) is 106 Å². The largest absolute Gasteiger partial charge is 0.496 e. The molecule has 0 radical (unpaired) electrons. The Labute approximate surface area is 161 Å². The molecule has 2 aromatic carbocycles. The summed E-state index contributed by atoms with van der Waals surface area (Å²) in [7, 11) is 2.90. The summed E-state index contributed by atoms with van der Waals surface area (Å²) < 4.78 is 9.95. The van der Waals surface area contributed by atoms with Crippen LogP contribution >= 0.6 is 0 Å². The Balaban J connectivity index is 1.65. The average Bonchev–Trinajstić information content (AvgIpc) is 3.23. The fourth-order valence-electron chi connectivity index (χ4n) is 2.48. The number of carbonyl (C=O) groups excluding carboxylic acids is 2. The Morgan fingerprint density at radius 2 is 1.86 bits per heavy atom. The van der Waals surface area contributed by atoms with Crippen LogP contribution < -0.4 is 10.2 Å². The van der Waals surface area contributed by atoms with Crippen molar-refractivity contribution in [3.8, 4) is 17.0 Å². The smallest absolute Gasteiger partial charge is 0.337 e. The lowest BCUT2D eigenvalue weighted by Gasteiger charge is -2.04. The fraction of sp³-hybridized carbons (Fsp3) is 0.100. The molecule has 0 spiro atoms. The van der Waals surface area contributed by atoms with E-state index in [1.807, 2.05) is 24.3 Å². The van der Waals surface area contributed by atoms with Crippen LogP contribution in [0.5, 0.6) is 5.75 Å². The second kappa shape index (κ2) is 8.63. The maximum atomic E-state index is 12.2. The molecule has 1 heterocycles. The van der Waals surface area contributed by atoms with Crippen molar-refractivity contribution in [1.82, 2.24) is 15.6 Å². The number of nitrogens with one attached hydrogen (secondary N) is 2. The molecule has 0 aliphatic heterocycles. The zero-order valence-electron chi connectivity index (χ0n) is 15.3. The van der Waals surface area contributed by atoms with Gasteiger partial charge in [-0.15, -0.1) is 0 Å². The highest BCUT2D eigenvalue weighted by Gasteiger charge is 2.13. The van der Waals surface area contributed by atoms with Crippen molar-refractivity contribution >= 4 is 18.1 Å².